The number of nitrogens with zero attached hydrogens (tertiary/aromatic N) is 1. The zero-order valence-electron chi connectivity index (χ0n) is 12.0. The molecule has 0 bridgehead atoms. The van der Waals surface area contributed by atoms with Crippen molar-refractivity contribution < 1.29 is 19.2 Å². The fourth-order valence-electron chi connectivity index (χ4n) is 2.47. The van der Waals surface area contributed by atoms with Crippen LogP contribution in [0, 0.1) is 12.8 Å². The van der Waals surface area contributed by atoms with Crippen LogP contribution in [0.5, 0.6) is 0 Å². The van der Waals surface area contributed by atoms with Gasteiger partial charge in [0.2, 0.25) is 0 Å². The van der Waals surface area contributed by atoms with Crippen LogP contribution in [0.4, 0.5) is 0 Å². The minimum Gasteiger partial charge on any atom is -0.465 e. The highest BCUT2D eigenvalue weighted by Crippen LogP contribution is 2.34. The first kappa shape index (κ1) is 14.5. The maximum absolute atomic E-state index is 12.2. The number of carbonyl (C=O) groups excluding carboxylic acids is 2. The normalized spacial score (nSPS) is 22.1. The van der Waals surface area contributed by atoms with Crippen LogP contribution in [0.15, 0.2) is 24.3 Å². The summed E-state index contributed by atoms with van der Waals surface area (Å²) in [6, 6.07) is 7.83. The van der Waals surface area contributed by atoms with Gasteiger partial charge in [0.25, 0.3) is 5.91 Å². The number of ether oxygens (including phenoxy) is 1. The van der Waals surface area contributed by atoms with Gasteiger partial charge in [-0.2, -0.15) is 0 Å². The van der Waals surface area contributed by atoms with Gasteiger partial charge in [-0.05, 0) is 19.4 Å². The largest absolute Gasteiger partial charge is 0.465 e. The van der Waals surface area contributed by atoms with Crippen LogP contribution in [0.1, 0.15) is 24.0 Å². The molecule has 5 heteroatoms. The first-order valence-corrected chi connectivity index (χ1v) is 6.67. The van der Waals surface area contributed by atoms with Crippen molar-refractivity contribution in [3.8, 4) is 0 Å². The number of benzene rings is 1. The minimum absolute atomic E-state index is 0.234. The Labute approximate surface area is 118 Å². The van der Waals surface area contributed by atoms with Crippen molar-refractivity contribution in [2.24, 2.45) is 5.92 Å². The van der Waals surface area contributed by atoms with Gasteiger partial charge in [-0.3, -0.25) is 14.4 Å². The van der Waals surface area contributed by atoms with E-state index in [1.165, 1.54) is 12.2 Å². The molecule has 1 saturated heterocycles. The fraction of sp³-hybridized carbons (Fsp3) is 0.467. The summed E-state index contributed by atoms with van der Waals surface area (Å²) in [5.41, 5.74) is 2.08. The highest BCUT2D eigenvalue weighted by atomic mass is 16.7. The minimum atomic E-state index is -0.822. The number of hydrogen-bond acceptors (Lipinski definition) is 4. The number of rotatable bonds is 4. The van der Waals surface area contributed by atoms with Gasteiger partial charge in [-0.15, -0.1) is 0 Å². The standard InChI is InChI=1S/C15H19NO4/c1-4-20-15(18)13-12(9-16(19-3)14(13)17)11-7-5-10(2)6-8-11/h5-8,12-13H,4,9H2,1-3H3. The summed E-state index contributed by atoms with van der Waals surface area (Å²) in [4.78, 5) is 29.3. The molecule has 1 aliphatic rings. The van der Waals surface area contributed by atoms with E-state index in [-0.39, 0.29) is 18.4 Å². The number of carbonyl (C=O) groups is 2. The highest BCUT2D eigenvalue weighted by molar-refractivity contribution is 6.00. The molecule has 0 saturated carbocycles. The molecule has 0 aromatic heterocycles. The third kappa shape index (κ3) is 2.67. The third-order valence-corrected chi connectivity index (χ3v) is 3.54. The molecule has 0 radical (unpaired) electrons. The molecule has 1 aromatic rings. The SMILES string of the molecule is CCOC(=O)C1C(=O)N(OC)CC1c1ccc(C)cc1. The summed E-state index contributed by atoms with van der Waals surface area (Å²) in [6.07, 6.45) is 0. The van der Waals surface area contributed by atoms with Crippen LogP contribution < -0.4 is 0 Å². The summed E-state index contributed by atoms with van der Waals surface area (Å²) in [6.45, 7) is 4.35. The van der Waals surface area contributed by atoms with Crippen molar-refractivity contribution in [1.82, 2.24) is 5.06 Å². The van der Waals surface area contributed by atoms with Crippen molar-refractivity contribution in [1.29, 1.82) is 0 Å². The molecule has 0 aliphatic carbocycles. The van der Waals surface area contributed by atoms with E-state index in [9.17, 15) is 9.59 Å². The van der Waals surface area contributed by atoms with Crippen LogP contribution in [-0.2, 0) is 19.2 Å². The Morgan fingerprint density at radius 2 is 2.00 bits per heavy atom. The Morgan fingerprint density at radius 1 is 1.35 bits per heavy atom. The van der Waals surface area contributed by atoms with Gasteiger partial charge in [0.15, 0.2) is 0 Å². The van der Waals surface area contributed by atoms with E-state index in [2.05, 4.69) is 0 Å². The topological polar surface area (TPSA) is 55.8 Å². The zero-order valence-corrected chi connectivity index (χ0v) is 12.0. The van der Waals surface area contributed by atoms with E-state index in [1.807, 2.05) is 31.2 Å². The van der Waals surface area contributed by atoms with Gasteiger partial charge in [-0.25, -0.2) is 5.06 Å². The summed E-state index contributed by atoms with van der Waals surface area (Å²) in [5.74, 6) is -1.88. The molecule has 2 unspecified atom stereocenters. The molecular weight excluding hydrogens is 258 g/mol. The molecule has 1 amide bonds. The molecular formula is C15H19NO4. The second-order valence-corrected chi connectivity index (χ2v) is 4.83. The van der Waals surface area contributed by atoms with Gasteiger partial charge >= 0.3 is 5.97 Å². The summed E-state index contributed by atoms with van der Waals surface area (Å²) >= 11 is 0. The molecule has 2 rings (SSSR count). The first-order chi connectivity index (χ1) is 9.58. The lowest BCUT2D eigenvalue weighted by atomic mass is 9.88. The number of hydroxylamine groups is 2. The van der Waals surface area contributed by atoms with Crippen molar-refractivity contribution >= 4 is 11.9 Å². The number of hydrogen-bond donors (Lipinski definition) is 0. The second-order valence-electron chi connectivity index (χ2n) is 4.83. The summed E-state index contributed by atoms with van der Waals surface area (Å²) in [7, 11) is 1.43. The maximum Gasteiger partial charge on any atom is 0.319 e. The van der Waals surface area contributed by atoms with Crippen LogP contribution >= 0.6 is 0 Å². The predicted octanol–water partition coefficient (Wildman–Crippen LogP) is 1.66. The van der Waals surface area contributed by atoms with E-state index in [0.717, 1.165) is 11.1 Å². The van der Waals surface area contributed by atoms with Crippen molar-refractivity contribution in [2.45, 2.75) is 19.8 Å². The lowest BCUT2D eigenvalue weighted by molar-refractivity contribution is -0.173. The van der Waals surface area contributed by atoms with E-state index in [4.69, 9.17) is 9.57 Å². The Kier molecular flexibility index (Phi) is 4.39. The lowest BCUT2D eigenvalue weighted by Gasteiger charge is -2.15. The third-order valence-electron chi connectivity index (χ3n) is 3.54. The monoisotopic (exact) mass is 277 g/mol. The Balaban J connectivity index is 2.30. The first-order valence-electron chi connectivity index (χ1n) is 6.67. The van der Waals surface area contributed by atoms with Crippen LogP contribution in [0.2, 0.25) is 0 Å². The van der Waals surface area contributed by atoms with E-state index in [1.54, 1.807) is 6.92 Å². The molecule has 5 nitrogen and oxygen atoms in total. The van der Waals surface area contributed by atoms with Gasteiger partial charge in [0, 0.05) is 5.92 Å². The molecule has 1 fully saturated rings. The molecule has 20 heavy (non-hydrogen) atoms. The number of aryl methyl sites for hydroxylation is 1. The maximum atomic E-state index is 12.2. The quantitative estimate of drug-likeness (QED) is 0.620. The molecule has 1 heterocycles. The Morgan fingerprint density at radius 3 is 2.55 bits per heavy atom. The molecule has 108 valence electrons. The lowest BCUT2D eigenvalue weighted by Crippen LogP contribution is -2.31. The zero-order chi connectivity index (χ0) is 14.7. The molecule has 2 atom stereocenters. The van der Waals surface area contributed by atoms with Crippen LogP contribution in [0.25, 0.3) is 0 Å². The van der Waals surface area contributed by atoms with Gasteiger partial charge in [0.1, 0.15) is 5.92 Å². The highest BCUT2D eigenvalue weighted by Gasteiger charge is 2.47. The summed E-state index contributed by atoms with van der Waals surface area (Å²) < 4.78 is 5.02. The van der Waals surface area contributed by atoms with Crippen LogP contribution in [0.3, 0.4) is 0 Å². The summed E-state index contributed by atoms with van der Waals surface area (Å²) in [5, 5.41) is 1.23. The van der Waals surface area contributed by atoms with E-state index in [0.29, 0.717) is 6.54 Å². The van der Waals surface area contributed by atoms with E-state index >= 15 is 0 Å². The van der Waals surface area contributed by atoms with E-state index < -0.39 is 11.9 Å². The predicted molar refractivity (Wildman–Crippen MR) is 72.8 cm³/mol. The number of esters is 1. The molecule has 1 aromatic carbocycles. The smallest absolute Gasteiger partial charge is 0.319 e. The van der Waals surface area contributed by atoms with Gasteiger partial charge in [-0.1, -0.05) is 29.8 Å². The van der Waals surface area contributed by atoms with Gasteiger partial charge in [0.05, 0.1) is 20.3 Å². The second kappa shape index (κ2) is 6.05. The average molecular weight is 277 g/mol. The van der Waals surface area contributed by atoms with Crippen molar-refractivity contribution in [3.05, 3.63) is 35.4 Å². The van der Waals surface area contributed by atoms with Crippen molar-refractivity contribution in [3.63, 3.8) is 0 Å². The average Bonchev–Trinajstić information content (AvgIpc) is 2.77. The number of amides is 1. The molecule has 1 aliphatic heterocycles. The molecule has 0 N–H and O–H groups in total. The Bertz CT molecular complexity index is 497. The van der Waals surface area contributed by atoms with Crippen LogP contribution in [-0.4, -0.2) is 37.2 Å². The Hall–Kier alpha value is -1.88. The van der Waals surface area contributed by atoms with Gasteiger partial charge < -0.3 is 4.74 Å². The molecule has 0 spiro atoms. The van der Waals surface area contributed by atoms with Crippen molar-refractivity contribution in [2.75, 3.05) is 20.3 Å². The fourth-order valence-corrected chi connectivity index (χ4v) is 2.47.